The van der Waals surface area contributed by atoms with E-state index in [1.54, 1.807) is 0 Å². The second-order valence-corrected chi connectivity index (χ2v) is 6.40. The average Bonchev–Trinajstić information content (AvgIpc) is 2.93. The van der Waals surface area contributed by atoms with Gasteiger partial charge >= 0.3 is 0 Å². The molecule has 1 aromatic rings. The Balaban J connectivity index is 1.54. The van der Waals surface area contributed by atoms with Gasteiger partial charge in [-0.25, -0.2) is 0 Å². The second-order valence-electron chi connectivity index (χ2n) is 6.40. The Hall–Kier alpha value is -1.43. The molecule has 1 saturated carbocycles. The highest BCUT2D eigenvalue weighted by atomic mass is 16.5. The lowest BCUT2D eigenvalue weighted by atomic mass is 9.84. The lowest BCUT2D eigenvalue weighted by molar-refractivity contribution is -0.137. The number of rotatable bonds is 2. The molecule has 2 atom stereocenters. The molecule has 0 aromatic carbocycles. The van der Waals surface area contributed by atoms with Crippen LogP contribution in [0.15, 0.2) is 4.52 Å². The first-order chi connectivity index (χ1) is 10.1. The third kappa shape index (κ3) is 3.26. The lowest BCUT2D eigenvalue weighted by Crippen LogP contribution is -2.44. The van der Waals surface area contributed by atoms with E-state index in [9.17, 15) is 4.79 Å². The lowest BCUT2D eigenvalue weighted by Gasteiger charge is -2.35. The van der Waals surface area contributed by atoms with Crippen LogP contribution >= 0.6 is 0 Å². The molecule has 0 radical (unpaired) electrons. The van der Waals surface area contributed by atoms with Crippen molar-refractivity contribution in [2.75, 3.05) is 13.1 Å². The number of hydrogen-bond acceptors (Lipinski definition) is 5. The number of amides is 1. The SMILES string of the molecule is Cc1noc(C2CCN(C(=O)[C@@H]3CCC[C@@H](N)C3)CC2)n1. The number of hydrogen-bond donors (Lipinski definition) is 1. The minimum Gasteiger partial charge on any atom is -0.342 e. The number of aryl methyl sites for hydroxylation is 1. The Labute approximate surface area is 125 Å². The molecule has 3 rings (SSSR count). The molecule has 6 heteroatoms. The van der Waals surface area contributed by atoms with Gasteiger partial charge in [0.05, 0.1) is 0 Å². The molecule has 0 bridgehead atoms. The second kappa shape index (κ2) is 6.13. The summed E-state index contributed by atoms with van der Waals surface area (Å²) in [4.78, 5) is 18.9. The standard InChI is InChI=1S/C15H24N4O2/c1-10-17-14(21-18-10)11-5-7-19(8-6-11)15(20)12-3-2-4-13(16)9-12/h11-13H,2-9,16H2,1H3/t12-,13-/m1/s1. The molecule has 0 spiro atoms. The van der Waals surface area contributed by atoms with Gasteiger partial charge in [-0.05, 0) is 39.0 Å². The summed E-state index contributed by atoms with van der Waals surface area (Å²) in [7, 11) is 0. The third-order valence-corrected chi connectivity index (χ3v) is 4.76. The van der Waals surface area contributed by atoms with Crippen molar-refractivity contribution in [1.82, 2.24) is 15.0 Å². The Kier molecular flexibility index (Phi) is 4.24. The minimum atomic E-state index is 0.135. The summed E-state index contributed by atoms with van der Waals surface area (Å²) in [5.74, 6) is 2.13. The van der Waals surface area contributed by atoms with Crippen LogP contribution in [0.5, 0.6) is 0 Å². The quantitative estimate of drug-likeness (QED) is 0.895. The summed E-state index contributed by atoms with van der Waals surface area (Å²) in [5.41, 5.74) is 5.99. The molecular weight excluding hydrogens is 268 g/mol. The highest BCUT2D eigenvalue weighted by molar-refractivity contribution is 5.79. The van der Waals surface area contributed by atoms with Crippen molar-refractivity contribution in [3.8, 4) is 0 Å². The van der Waals surface area contributed by atoms with Crippen LogP contribution in [0, 0.1) is 12.8 Å². The summed E-state index contributed by atoms with van der Waals surface area (Å²) in [6, 6.07) is 0.201. The smallest absolute Gasteiger partial charge is 0.229 e. The molecular formula is C15H24N4O2. The van der Waals surface area contributed by atoms with Crippen LogP contribution in [0.2, 0.25) is 0 Å². The Morgan fingerprint density at radius 2 is 2.05 bits per heavy atom. The molecule has 2 N–H and O–H groups in total. The van der Waals surface area contributed by atoms with E-state index >= 15 is 0 Å². The molecule has 0 unspecified atom stereocenters. The van der Waals surface area contributed by atoms with Crippen molar-refractivity contribution in [2.45, 2.75) is 57.4 Å². The van der Waals surface area contributed by atoms with E-state index in [-0.39, 0.29) is 12.0 Å². The van der Waals surface area contributed by atoms with Gasteiger partial charge in [-0.2, -0.15) is 4.98 Å². The van der Waals surface area contributed by atoms with Crippen molar-refractivity contribution in [3.63, 3.8) is 0 Å². The Morgan fingerprint density at radius 1 is 1.29 bits per heavy atom. The van der Waals surface area contributed by atoms with Gasteiger partial charge in [0.2, 0.25) is 11.8 Å². The van der Waals surface area contributed by atoms with Crippen LogP contribution in [0.1, 0.15) is 56.2 Å². The summed E-state index contributed by atoms with van der Waals surface area (Å²) < 4.78 is 5.25. The van der Waals surface area contributed by atoms with Crippen molar-refractivity contribution < 1.29 is 9.32 Å². The molecule has 1 aliphatic heterocycles. The highest BCUT2D eigenvalue weighted by Crippen LogP contribution is 2.30. The normalized spacial score (nSPS) is 27.8. The highest BCUT2D eigenvalue weighted by Gasteiger charge is 2.32. The van der Waals surface area contributed by atoms with Crippen LogP contribution in [-0.4, -0.2) is 40.1 Å². The zero-order chi connectivity index (χ0) is 14.8. The molecule has 1 amide bonds. The molecule has 21 heavy (non-hydrogen) atoms. The topological polar surface area (TPSA) is 85.2 Å². The Bertz CT molecular complexity index is 494. The third-order valence-electron chi connectivity index (χ3n) is 4.76. The van der Waals surface area contributed by atoms with Crippen molar-refractivity contribution in [2.24, 2.45) is 11.7 Å². The van der Waals surface area contributed by atoms with Crippen molar-refractivity contribution >= 4 is 5.91 Å². The van der Waals surface area contributed by atoms with Gasteiger partial charge in [-0.15, -0.1) is 0 Å². The maximum absolute atomic E-state index is 12.6. The van der Waals surface area contributed by atoms with E-state index < -0.39 is 0 Å². The zero-order valence-corrected chi connectivity index (χ0v) is 12.6. The molecule has 2 fully saturated rings. The maximum Gasteiger partial charge on any atom is 0.229 e. The van der Waals surface area contributed by atoms with Gasteiger partial charge in [0.15, 0.2) is 5.82 Å². The molecule has 116 valence electrons. The number of piperidine rings is 1. The van der Waals surface area contributed by atoms with Crippen molar-refractivity contribution in [1.29, 1.82) is 0 Å². The van der Waals surface area contributed by atoms with Crippen LogP contribution in [0.25, 0.3) is 0 Å². The number of carbonyl (C=O) groups excluding carboxylic acids is 1. The summed E-state index contributed by atoms with van der Waals surface area (Å²) in [5, 5.41) is 3.85. The molecule has 2 aliphatic rings. The van der Waals surface area contributed by atoms with Crippen LogP contribution in [0.3, 0.4) is 0 Å². The first-order valence-electron chi connectivity index (χ1n) is 7.98. The van der Waals surface area contributed by atoms with E-state index in [1.165, 1.54) is 0 Å². The van der Waals surface area contributed by atoms with E-state index in [0.29, 0.717) is 17.6 Å². The van der Waals surface area contributed by atoms with Gasteiger partial charge in [-0.1, -0.05) is 11.6 Å². The van der Waals surface area contributed by atoms with Crippen LogP contribution in [0.4, 0.5) is 0 Å². The fourth-order valence-corrected chi connectivity index (χ4v) is 3.54. The van der Waals surface area contributed by atoms with Gasteiger partial charge < -0.3 is 15.2 Å². The molecule has 1 saturated heterocycles. The van der Waals surface area contributed by atoms with Gasteiger partial charge in [0.25, 0.3) is 0 Å². The summed E-state index contributed by atoms with van der Waals surface area (Å²) in [6.07, 6.45) is 5.80. The number of carbonyl (C=O) groups is 1. The summed E-state index contributed by atoms with van der Waals surface area (Å²) in [6.45, 7) is 3.41. The van der Waals surface area contributed by atoms with E-state index in [4.69, 9.17) is 10.3 Å². The fraction of sp³-hybridized carbons (Fsp3) is 0.800. The Morgan fingerprint density at radius 3 is 2.67 bits per heavy atom. The number of nitrogens with two attached hydrogens (primary N) is 1. The van der Waals surface area contributed by atoms with Gasteiger partial charge in [0.1, 0.15) is 0 Å². The maximum atomic E-state index is 12.6. The van der Waals surface area contributed by atoms with Gasteiger partial charge in [0, 0.05) is 31.0 Å². The number of nitrogens with zero attached hydrogens (tertiary/aromatic N) is 3. The largest absolute Gasteiger partial charge is 0.342 e. The van der Waals surface area contributed by atoms with Crippen LogP contribution < -0.4 is 5.73 Å². The predicted molar refractivity (Wildman–Crippen MR) is 77.5 cm³/mol. The van der Waals surface area contributed by atoms with Crippen molar-refractivity contribution in [3.05, 3.63) is 11.7 Å². The monoisotopic (exact) mass is 292 g/mol. The van der Waals surface area contributed by atoms with E-state index in [1.807, 2.05) is 11.8 Å². The molecule has 1 aliphatic carbocycles. The van der Waals surface area contributed by atoms with E-state index in [0.717, 1.165) is 57.5 Å². The molecule has 6 nitrogen and oxygen atoms in total. The fourth-order valence-electron chi connectivity index (χ4n) is 3.54. The predicted octanol–water partition coefficient (Wildman–Crippen LogP) is 1.60. The minimum absolute atomic E-state index is 0.135. The molecule has 2 heterocycles. The molecule has 1 aromatic heterocycles. The number of aromatic nitrogens is 2. The first-order valence-corrected chi connectivity index (χ1v) is 7.98. The van der Waals surface area contributed by atoms with Crippen LogP contribution in [-0.2, 0) is 4.79 Å². The zero-order valence-electron chi connectivity index (χ0n) is 12.6. The average molecular weight is 292 g/mol. The van der Waals surface area contributed by atoms with Gasteiger partial charge in [-0.3, -0.25) is 4.79 Å². The summed E-state index contributed by atoms with van der Waals surface area (Å²) >= 11 is 0. The number of likely N-dealkylation sites (tertiary alicyclic amines) is 1. The van der Waals surface area contributed by atoms with E-state index in [2.05, 4.69) is 10.1 Å². The first kappa shape index (κ1) is 14.5.